The number of methoxy groups -OCH3 is 1. The highest BCUT2D eigenvalue weighted by Gasteiger charge is 2.57. The van der Waals surface area contributed by atoms with Gasteiger partial charge in [-0.25, -0.2) is 9.18 Å². The fourth-order valence-electron chi connectivity index (χ4n) is 4.77. The van der Waals surface area contributed by atoms with Gasteiger partial charge in [0.25, 0.3) is 5.91 Å². The second-order valence-electron chi connectivity index (χ2n) is 8.21. The SMILES string of the molecule is CCN1C(=O)N(Cc2cccc(OC)c2)C(=O)C12CCN(Cc1cccc(F)c1)CC2. The van der Waals surface area contributed by atoms with E-state index >= 15 is 0 Å². The van der Waals surface area contributed by atoms with Crippen molar-refractivity contribution in [3.63, 3.8) is 0 Å². The number of likely N-dealkylation sites (tertiary alicyclic amines) is 1. The van der Waals surface area contributed by atoms with Crippen LogP contribution in [0.4, 0.5) is 9.18 Å². The minimum atomic E-state index is -0.789. The number of carbonyl (C=O) groups is 2. The average molecular weight is 426 g/mol. The first kappa shape index (κ1) is 21.3. The van der Waals surface area contributed by atoms with Crippen LogP contribution in [0.15, 0.2) is 48.5 Å². The highest BCUT2D eigenvalue weighted by Crippen LogP contribution is 2.38. The molecule has 2 aliphatic rings. The Kier molecular flexibility index (Phi) is 5.96. The summed E-state index contributed by atoms with van der Waals surface area (Å²) < 4.78 is 18.8. The van der Waals surface area contributed by atoms with Crippen LogP contribution < -0.4 is 4.74 Å². The summed E-state index contributed by atoms with van der Waals surface area (Å²) in [4.78, 5) is 32.0. The molecule has 0 saturated carbocycles. The van der Waals surface area contributed by atoms with Crippen LogP contribution >= 0.6 is 0 Å². The molecular weight excluding hydrogens is 397 g/mol. The maximum absolute atomic E-state index is 13.5. The first-order valence-corrected chi connectivity index (χ1v) is 10.7. The maximum Gasteiger partial charge on any atom is 0.327 e. The average Bonchev–Trinajstić information content (AvgIpc) is 2.96. The minimum absolute atomic E-state index is 0.118. The van der Waals surface area contributed by atoms with E-state index in [1.54, 1.807) is 24.1 Å². The van der Waals surface area contributed by atoms with Crippen LogP contribution in [0.5, 0.6) is 5.75 Å². The molecule has 1 spiro atoms. The molecule has 3 amide bonds. The number of carbonyl (C=O) groups excluding carboxylic acids is 2. The summed E-state index contributed by atoms with van der Waals surface area (Å²) in [5, 5.41) is 0. The third kappa shape index (κ3) is 4.02. The van der Waals surface area contributed by atoms with Crippen molar-refractivity contribution in [2.75, 3.05) is 26.7 Å². The maximum atomic E-state index is 13.5. The smallest absolute Gasteiger partial charge is 0.327 e. The number of hydrogen-bond acceptors (Lipinski definition) is 4. The molecule has 2 aromatic rings. The fraction of sp³-hybridized carbons (Fsp3) is 0.417. The Labute approximate surface area is 182 Å². The third-order valence-electron chi connectivity index (χ3n) is 6.39. The molecule has 164 valence electrons. The van der Waals surface area contributed by atoms with Gasteiger partial charge < -0.3 is 9.64 Å². The highest BCUT2D eigenvalue weighted by atomic mass is 19.1. The molecule has 0 radical (unpaired) electrons. The molecule has 0 atom stereocenters. The molecule has 31 heavy (non-hydrogen) atoms. The van der Waals surface area contributed by atoms with E-state index in [0.29, 0.717) is 44.8 Å². The molecule has 0 unspecified atom stereocenters. The molecule has 4 rings (SSSR count). The van der Waals surface area contributed by atoms with Crippen molar-refractivity contribution in [1.82, 2.24) is 14.7 Å². The predicted molar refractivity (Wildman–Crippen MR) is 115 cm³/mol. The van der Waals surface area contributed by atoms with Crippen LogP contribution in [0.3, 0.4) is 0 Å². The number of ether oxygens (including phenoxy) is 1. The molecule has 0 bridgehead atoms. The van der Waals surface area contributed by atoms with Crippen LogP contribution in [-0.4, -0.2) is 58.9 Å². The number of amides is 3. The van der Waals surface area contributed by atoms with Crippen LogP contribution in [0.25, 0.3) is 0 Å². The van der Waals surface area contributed by atoms with E-state index in [9.17, 15) is 14.0 Å². The Balaban J connectivity index is 1.48. The van der Waals surface area contributed by atoms with Gasteiger partial charge in [-0.2, -0.15) is 0 Å². The van der Waals surface area contributed by atoms with E-state index in [-0.39, 0.29) is 24.3 Å². The number of piperidine rings is 1. The normalized spacial score (nSPS) is 18.8. The lowest BCUT2D eigenvalue weighted by molar-refractivity contribution is -0.136. The van der Waals surface area contributed by atoms with E-state index in [1.807, 2.05) is 37.3 Å². The van der Waals surface area contributed by atoms with Crippen LogP contribution in [0.1, 0.15) is 30.9 Å². The van der Waals surface area contributed by atoms with Gasteiger partial charge in [-0.15, -0.1) is 0 Å². The topological polar surface area (TPSA) is 53.1 Å². The van der Waals surface area contributed by atoms with E-state index in [4.69, 9.17) is 4.74 Å². The first-order chi connectivity index (χ1) is 15.0. The molecule has 7 heteroatoms. The van der Waals surface area contributed by atoms with Crippen molar-refractivity contribution >= 4 is 11.9 Å². The Morgan fingerprint density at radius 1 is 1.00 bits per heavy atom. The van der Waals surface area contributed by atoms with Crippen LogP contribution in [0.2, 0.25) is 0 Å². The zero-order valence-corrected chi connectivity index (χ0v) is 18.0. The van der Waals surface area contributed by atoms with E-state index < -0.39 is 5.54 Å². The third-order valence-corrected chi connectivity index (χ3v) is 6.39. The molecule has 2 aliphatic heterocycles. The molecule has 2 aromatic carbocycles. The zero-order chi connectivity index (χ0) is 22.0. The lowest BCUT2D eigenvalue weighted by Gasteiger charge is -2.42. The molecular formula is C24H28FN3O3. The largest absolute Gasteiger partial charge is 0.497 e. The second kappa shape index (κ2) is 8.67. The van der Waals surface area contributed by atoms with Gasteiger partial charge in [0.05, 0.1) is 13.7 Å². The summed E-state index contributed by atoms with van der Waals surface area (Å²) in [6.07, 6.45) is 1.16. The van der Waals surface area contributed by atoms with Gasteiger partial charge in [0.2, 0.25) is 0 Å². The van der Waals surface area contributed by atoms with Gasteiger partial charge in [-0.1, -0.05) is 24.3 Å². The molecule has 6 nitrogen and oxygen atoms in total. The van der Waals surface area contributed by atoms with Crippen molar-refractivity contribution in [3.05, 3.63) is 65.5 Å². The van der Waals surface area contributed by atoms with E-state index in [1.165, 1.54) is 11.0 Å². The Bertz CT molecular complexity index is 972. The summed E-state index contributed by atoms with van der Waals surface area (Å²) in [5.41, 5.74) is 0.984. The summed E-state index contributed by atoms with van der Waals surface area (Å²) in [6.45, 7) is 4.64. The van der Waals surface area contributed by atoms with Gasteiger partial charge in [0.1, 0.15) is 17.1 Å². The lowest BCUT2D eigenvalue weighted by atomic mass is 9.85. The van der Waals surface area contributed by atoms with E-state index in [0.717, 1.165) is 11.1 Å². The van der Waals surface area contributed by atoms with Gasteiger partial charge in [-0.05, 0) is 55.2 Å². The number of urea groups is 1. The number of imide groups is 1. The fourth-order valence-corrected chi connectivity index (χ4v) is 4.77. The van der Waals surface area contributed by atoms with Crippen molar-refractivity contribution in [2.45, 2.75) is 38.4 Å². The number of benzene rings is 2. The molecule has 2 heterocycles. The van der Waals surface area contributed by atoms with Gasteiger partial charge in [0, 0.05) is 26.2 Å². The molecule has 2 fully saturated rings. The van der Waals surface area contributed by atoms with Gasteiger partial charge >= 0.3 is 6.03 Å². The molecule has 0 N–H and O–H groups in total. The van der Waals surface area contributed by atoms with Crippen molar-refractivity contribution in [2.24, 2.45) is 0 Å². The zero-order valence-electron chi connectivity index (χ0n) is 18.0. The summed E-state index contributed by atoms with van der Waals surface area (Å²) >= 11 is 0. The Morgan fingerprint density at radius 3 is 2.32 bits per heavy atom. The monoisotopic (exact) mass is 425 g/mol. The molecule has 2 saturated heterocycles. The second-order valence-corrected chi connectivity index (χ2v) is 8.21. The van der Waals surface area contributed by atoms with Crippen LogP contribution in [-0.2, 0) is 17.9 Å². The van der Waals surface area contributed by atoms with Gasteiger partial charge in [-0.3, -0.25) is 14.6 Å². The summed E-state index contributed by atoms with van der Waals surface area (Å²) in [6, 6.07) is 13.8. The summed E-state index contributed by atoms with van der Waals surface area (Å²) in [5.74, 6) is 0.338. The predicted octanol–water partition coefficient (Wildman–Crippen LogP) is 3.65. The highest BCUT2D eigenvalue weighted by molar-refractivity contribution is 6.07. The van der Waals surface area contributed by atoms with Crippen LogP contribution in [0, 0.1) is 5.82 Å². The minimum Gasteiger partial charge on any atom is -0.497 e. The lowest BCUT2D eigenvalue weighted by Crippen LogP contribution is -2.56. The summed E-state index contributed by atoms with van der Waals surface area (Å²) in [7, 11) is 1.59. The molecule has 0 aliphatic carbocycles. The Morgan fingerprint density at radius 2 is 1.68 bits per heavy atom. The number of hydrogen-bond donors (Lipinski definition) is 0. The van der Waals surface area contributed by atoms with E-state index in [2.05, 4.69) is 4.90 Å². The van der Waals surface area contributed by atoms with Gasteiger partial charge in [0.15, 0.2) is 0 Å². The van der Waals surface area contributed by atoms with Crippen molar-refractivity contribution < 1.29 is 18.7 Å². The number of halogens is 1. The molecule has 0 aromatic heterocycles. The quantitative estimate of drug-likeness (QED) is 0.663. The number of rotatable bonds is 6. The number of nitrogens with zero attached hydrogens (tertiary/aromatic N) is 3. The number of likely N-dealkylation sites (N-methyl/N-ethyl adjacent to an activating group) is 1. The standard InChI is InChI=1S/C24H28FN3O3/c1-3-28-23(30)27(17-19-7-5-9-21(15-19)31-2)22(29)24(28)10-12-26(13-11-24)16-18-6-4-8-20(25)14-18/h4-9,14-15H,3,10-13,16-17H2,1-2H3. The van der Waals surface area contributed by atoms with Crippen molar-refractivity contribution in [1.29, 1.82) is 0 Å². The first-order valence-electron chi connectivity index (χ1n) is 10.7. The Hall–Kier alpha value is -2.93. The van der Waals surface area contributed by atoms with Crippen molar-refractivity contribution in [3.8, 4) is 5.75 Å².